The number of carbonyl (C=O) groups is 4. The molecule has 2 atom stereocenters. The number of amides is 1. The van der Waals surface area contributed by atoms with E-state index in [1.54, 1.807) is 49.4 Å². The smallest absolute Gasteiger partial charge is 0.336 e. The highest BCUT2D eigenvalue weighted by Gasteiger charge is 2.40. The number of carbonyl (C=O) groups excluding carboxylic acids is 3. The van der Waals surface area contributed by atoms with E-state index in [0.717, 1.165) is 15.7 Å². The highest BCUT2D eigenvalue weighted by Crippen LogP contribution is 2.21. The minimum Gasteiger partial charge on any atom is -0.481 e. The zero-order valence-electron chi connectivity index (χ0n) is 19.4. The third-order valence-electron chi connectivity index (χ3n) is 5.58. The van der Waals surface area contributed by atoms with Gasteiger partial charge in [0.2, 0.25) is 0 Å². The average molecular weight is 477 g/mol. The van der Waals surface area contributed by atoms with Crippen LogP contribution in [-0.4, -0.2) is 52.3 Å². The lowest BCUT2D eigenvalue weighted by Crippen LogP contribution is -2.55. The topological polar surface area (TPSA) is 127 Å². The van der Waals surface area contributed by atoms with Gasteiger partial charge in [-0.05, 0) is 41.8 Å². The first kappa shape index (κ1) is 25.6. The Morgan fingerprint density at radius 2 is 1.60 bits per heavy atom. The number of ketones is 1. The zero-order chi connectivity index (χ0) is 25.4. The van der Waals surface area contributed by atoms with Crippen LogP contribution >= 0.6 is 0 Å². The van der Waals surface area contributed by atoms with Crippen LogP contribution < -0.4 is 5.73 Å². The van der Waals surface area contributed by atoms with Crippen molar-refractivity contribution in [3.05, 3.63) is 83.9 Å². The maximum atomic E-state index is 13.8. The first-order chi connectivity index (χ1) is 16.8. The van der Waals surface area contributed by atoms with Gasteiger partial charge in [-0.1, -0.05) is 60.7 Å². The Bertz CT molecular complexity index is 1210. The lowest BCUT2D eigenvalue weighted by molar-refractivity contribution is -0.152. The number of carboxylic acid groups (broad SMARTS) is 1. The van der Waals surface area contributed by atoms with Gasteiger partial charge in [-0.2, -0.15) is 0 Å². The van der Waals surface area contributed by atoms with Crippen LogP contribution in [0.4, 0.5) is 0 Å². The molecular weight excluding hydrogens is 448 g/mol. The molecule has 0 radical (unpaired) electrons. The van der Waals surface area contributed by atoms with Gasteiger partial charge in [0.15, 0.2) is 11.8 Å². The lowest BCUT2D eigenvalue weighted by atomic mass is 9.98. The second kappa shape index (κ2) is 11.9. The Hall–Kier alpha value is -4.04. The minimum absolute atomic E-state index is 0.00365. The summed E-state index contributed by atoms with van der Waals surface area (Å²) >= 11 is 0. The van der Waals surface area contributed by atoms with Crippen molar-refractivity contribution in [2.24, 2.45) is 5.73 Å². The minimum atomic E-state index is -1.63. The van der Waals surface area contributed by atoms with Gasteiger partial charge in [-0.25, -0.2) is 4.79 Å². The number of rotatable bonds is 11. The molecular formula is C27H28N2O6. The van der Waals surface area contributed by atoms with E-state index in [9.17, 15) is 19.2 Å². The number of esters is 1. The van der Waals surface area contributed by atoms with E-state index in [2.05, 4.69) is 0 Å². The Labute approximate surface area is 203 Å². The second-order valence-corrected chi connectivity index (χ2v) is 8.08. The van der Waals surface area contributed by atoms with Crippen molar-refractivity contribution < 1.29 is 29.0 Å². The molecule has 0 fully saturated rings. The average Bonchev–Trinajstić information content (AvgIpc) is 2.86. The molecule has 0 heterocycles. The molecule has 0 saturated carbocycles. The van der Waals surface area contributed by atoms with Gasteiger partial charge >= 0.3 is 11.9 Å². The third-order valence-corrected chi connectivity index (χ3v) is 5.58. The fourth-order valence-corrected chi connectivity index (χ4v) is 3.79. The van der Waals surface area contributed by atoms with Gasteiger partial charge in [-0.15, -0.1) is 0 Å². The van der Waals surface area contributed by atoms with Crippen molar-refractivity contribution >= 4 is 34.4 Å². The molecule has 1 unspecified atom stereocenters. The Kier molecular flexibility index (Phi) is 8.69. The molecule has 0 aliphatic rings. The summed E-state index contributed by atoms with van der Waals surface area (Å²) in [5.41, 5.74) is 6.98. The van der Waals surface area contributed by atoms with Crippen LogP contribution in [0, 0.1) is 0 Å². The van der Waals surface area contributed by atoms with Gasteiger partial charge < -0.3 is 20.5 Å². The largest absolute Gasteiger partial charge is 0.481 e. The standard InChI is InChI=1S/C27H28N2O6/c1-2-35-27(34)24(25(32)22(28)14-15-23(30)31)29(17-18-8-4-3-5-9-18)26(33)21-13-12-19-10-6-7-11-20(19)16-21/h3-13,16,22,24H,2,14-15,17,28H2,1H3,(H,30,31)/t22?,24-/m1/s1. The monoisotopic (exact) mass is 476 g/mol. The number of nitrogens with two attached hydrogens (primary N) is 1. The Morgan fingerprint density at radius 1 is 0.943 bits per heavy atom. The van der Waals surface area contributed by atoms with Gasteiger partial charge in [0.25, 0.3) is 5.91 Å². The summed E-state index contributed by atoms with van der Waals surface area (Å²) in [6.07, 6.45) is -0.521. The second-order valence-electron chi connectivity index (χ2n) is 8.08. The van der Waals surface area contributed by atoms with Crippen molar-refractivity contribution in [1.29, 1.82) is 0 Å². The van der Waals surface area contributed by atoms with E-state index >= 15 is 0 Å². The molecule has 1 amide bonds. The summed E-state index contributed by atoms with van der Waals surface area (Å²) in [6.45, 7) is 1.54. The quantitative estimate of drug-likeness (QED) is 0.321. The van der Waals surface area contributed by atoms with Crippen LogP contribution in [0.3, 0.4) is 0 Å². The number of Topliss-reactive ketones (excluding diaryl/α,β-unsaturated/α-hetero) is 1. The maximum Gasteiger partial charge on any atom is 0.336 e. The van der Waals surface area contributed by atoms with Crippen LogP contribution in [0.2, 0.25) is 0 Å². The normalized spacial score (nSPS) is 12.5. The van der Waals surface area contributed by atoms with E-state index < -0.39 is 35.7 Å². The first-order valence-corrected chi connectivity index (χ1v) is 11.3. The van der Waals surface area contributed by atoms with Crippen LogP contribution in [0.5, 0.6) is 0 Å². The van der Waals surface area contributed by atoms with Crippen LogP contribution in [0.15, 0.2) is 72.8 Å². The summed E-state index contributed by atoms with van der Waals surface area (Å²) < 4.78 is 5.15. The maximum absolute atomic E-state index is 13.8. The van der Waals surface area contributed by atoms with Crippen LogP contribution in [0.25, 0.3) is 10.8 Å². The number of benzene rings is 3. The number of hydrogen-bond acceptors (Lipinski definition) is 6. The van der Waals surface area contributed by atoms with Gasteiger partial charge in [0, 0.05) is 18.5 Å². The third kappa shape index (κ3) is 6.51. The van der Waals surface area contributed by atoms with E-state index in [1.165, 1.54) is 0 Å². The number of carboxylic acids is 1. The number of nitrogens with zero attached hydrogens (tertiary/aromatic N) is 1. The van der Waals surface area contributed by atoms with E-state index in [-0.39, 0.29) is 26.0 Å². The highest BCUT2D eigenvalue weighted by molar-refractivity contribution is 6.10. The summed E-state index contributed by atoms with van der Waals surface area (Å²) in [5, 5.41) is 10.7. The molecule has 0 aliphatic carbocycles. The molecule has 0 aromatic heterocycles. The number of hydrogen-bond donors (Lipinski definition) is 2. The number of ether oxygens (including phenoxy) is 1. The fourth-order valence-electron chi connectivity index (χ4n) is 3.79. The highest BCUT2D eigenvalue weighted by atomic mass is 16.5. The fraction of sp³-hybridized carbons (Fsp3) is 0.259. The molecule has 3 aromatic carbocycles. The van der Waals surface area contributed by atoms with Gasteiger partial charge in [0.05, 0.1) is 12.6 Å². The van der Waals surface area contributed by atoms with Gasteiger partial charge in [-0.3, -0.25) is 14.4 Å². The lowest BCUT2D eigenvalue weighted by Gasteiger charge is -2.31. The zero-order valence-corrected chi connectivity index (χ0v) is 19.4. The molecule has 0 bridgehead atoms. The summed E-state index contributed by atoms with van der Waals surface area (Å²) in [4.78, 5) is 52.2. The van der Waals surface area contributed by atoms with Crippen molar-refractivity contribution in [2.75, 3.05) is 6.61 Å². The van der Waals surface area contributed by atoms with E-state index in [0.29, 0.717) is 11.1 Å². The predicted octanol–water partition coefficient (Wildman–Crippen LogP) is 3.18. The van der Waals surface area contributed by atoms with E-state index in [4.69, 9.17) is 15.6 Å². The summed E-state index contributed by atoms with van der Waals surface area (Å²) in [6, 6.07) is 18.7. The van der Waals surface area contributed by atoms with Crippen molar-refractivity contribution in [3.8, 4) is 0 Å². The number of fused-ring (bicyclic) bond motifs is 1. The molecule has 182 valence electrons. The van der Waals surface area contributed by atoms with Crippen molar-refractivity contribution in [2.45, 2.75) is 38.4 Å². The molecule has 3 rings (SSSR count). The van der Waals surface area contributed by atoms with E-state index in [1.807, 2.05) is 30.3 Å². The molecule has 0 spiro atoms. The summed E-state index contributed by atoms with van der Waals surface area (Å²) in [7, 11) is 0. The van der Waals surface area contributed by atoms with Gasteiger partial charge in [0.1, 0.15) is 0 Å². The first-order valence-electron chi connectivity index (χ1n) is 11.3. The van der Waals surface area contributed by atoms with Crippen molar-refractivity contribution in [1.82, 2.24) is 4.90 Å². The molecule has 35 heavy (non-hydrogen) atoms. The molecule has 0 saturated heterocycles. The SMILES string of the molecule is CCOC(=O)[C@@H](C(=O)C(N)CCC(=O)O)N(Cc1ccccc1)C(=O)c1ccc2ccccc2c1. The molecule has 8 heteroatoms. The number of aliphatic carboxylic acids is 1. The molecule has 3 N–H and O–H groups in total. The summed E-state index contributed by atoms with van der Waals surface area (Å²) in [5.74, 6) is -3.34. The van der Waals surface area contributed by atoms with Crippen LogP contribution in [0.1, 0.15) is 35.7 Å². The molecule has 3 aromatic rings. The molecule has 0 aliphatic heterocycles. The Balaban J connectivity index is 2.04. The molecule has 8 nitrogen and oxygen atoms in total. The van der Waals surface area contributed by atoms with Crippen LogP contribution in [-0.2, 0) is 25.7 Å². The van der Waals surface area contributed by atoms with Crippen molar-refractivity contribution in [3.63, 3.8) is 0 Å². The Morgan fingerprint density at radius 3 is 2.26 bits per heavy atom. The predicted molar refractivity (Wildman–Crippen MR) is 131 cm³/mol.